The zero-order valence-corrected chi connectivity index (χ0v) is 13.4. The van der Waals surface area contributed by atoms with Gasteiger partial charge < -0.3 is 9.84 Å². The normalized spacial score (nSPS) is 10.0. The van der Waals surface area contributed by atoms with E-state index in [4.69, 9.17) is 4.74 Å². The minimum Gasteiger partial charge on any atom is -0.507 e. The highest BCUT2D eigenvalue weighted by atomic mass is 16.5. The molecule has 0 radical (unpaired) electrons. The molecule has 6 heteroatoms. The molecule has 6 nitrogen and oxygen atoms in total. The average molecular weight is 328 g/mol. The van der Waals surface area contributed by atoms with Crippen molar-refractivity contribution in [3.05, 3.63) is 59.7 Å². The summed E-state index contributed by atoms with van der Waals surface area (Å²) in [7, 11) is 0. The summed E-state index contributed by atoms with van der Waals surface area (Å²) >= 11 is 0. The van der Waals surface area contributed by atoms with E-state index in [0.29, 0.717) is 17.9 Å². The van der Waals surface area contributed by atoms with Crippen molar-refractivity contribution in [3.63, 3.8) is 0 Å². The fourth-order valence-corrected chi connectivity index (χ4v) is 1.96. The largest absolute Gasteiger partial charge is 0.507 e. The van der Waals surface area contributed by atoms with Gasteiger partial charge in [0.1, 0.15) is 11.5 Å². The fraction of sp³-hybridized carbons (Fsp3) is 0.222. The molecule has 2 aromatic rings. The fourth-order valence-electron chi connectivity index (χ4n) is 1.96. The number of carbonyl (C=O) groups is 2. The molecule has 126 valence electrons. The first kappa shape index (κ1) is 17.3. The van der Waals surface area contributed by atoms with Crippen LogP contribution in [-0.4, -0.2) is 23.5 Å². The van der Waals surface area contributed by atoms with Crippen LogP contribution in [0.3, 0.4) is 0 Å². The first-order valence-electron chi connectivity index (χ1n) is 7.73. The highest BCUT2D eigenvalue weighted by Gasteiger charge is 2.12. The number of phenols is 1. The number of hydrogen-bond donors (Lipinski definition) is 3. The minimum atomic E-state index is -0.596. The third-order valence-corrected chi connectivity index (χ3v) is 3.32. The van der Waals surface area contributed by atoms with Gasteiger partial charge in [-0.2, -0.15) is 0 Å². The van der Waals surface area contributed by atoms with Crippen LogP contribution in [0.4, 0.5) is 0 Å². The van der Waals surface area contributed by atoms with Crippen molar-refractivity contribution < 1.29 is 19.4 Å². The number of hydrogen-bond acceptors (Lipinski definition) is 4. The van der Waals surface area contributed by atoms with E-state index in [0.717, 1.165) is 12.8 Å². The first-order valence-corrected chi connectivity index (χ1v) is 7.73. The summed E-state index contributed by atoms with van der Waals surface area (Å²) in [4.78, 5) is 23.9. The van der Waals surface area contributed by atoms with Crippen molar-refractivity contribution in [2.24, 2.45) is 0 Å². The minimum absolute atomic E-state index is 0.0810. The molecule has 0 atom stereocenters. The van der Waals surface area contributed by atoms with E-state index in [2.05, 4.69) is 17.8 Å². The Labute approximate surface area is 140 Å². The molecule has 0 saturated carbocycles. The van der Waals surface area contributed by atoms with Crippen molar-refractivity contribution in [3.8, 4) is 11.5 Å². The molecular weight excluding hydrogens is 308 g/mol. The summed E-state index contributed by atoms with van der Waals surface area (Å²) in [5, 5.41) is 9.59. The second-order valence-corrected chi connectivity index (χ2v) is 5.15. The second kappa shape index (κ2) is 8.57. The maximum absolute atomic E-state index is 12.0. The lowest BCUT2D eigenvalue weighted by Crippen LogP contribution is -2.41. The number of rotatable bonds is 6. The van der Waals surface area contributed by atoms with Gasteiger partial charge in [-0.3, -0.25) is 20.4 Å². The quantitative estimate of drug-likeness (QED) is 0.562. The number of nitrogens with one attached hydrogen (secondary N) is 2. The lowest BCUT2D eigenvalue weighted by Gasteiger charge is -2.09. The number of para-hydroxylation sites is 1. The van der Waals surface area contributed by atoms with E-state index in [1.807, 2.05) is 0 Å². The van der Waals surface area contributed by atoms with Crippen LogP contribution in [-0.2, 0) is 0 Å². The molecule has 2 amide bonds. The van der Waals surface area contributed by atoms with E-state index in [-0.39, 0.29) is 11.3 Å². The summed E-state index contributed by atoms with van der Waals surface area (Å²) in [6.07, 6.45) is 2.03. The van der Waals surface area contributed by atoms with Gasteiger partial charge >= 0.3 is 0 Å². The van der Waals surface area contributed by atoms with Gasteiger partial charge in [0, 0.05) is 5.56 Å². The Bertz CT molecular complexity index is 698. The number of ether oxygens (including phenoxy) is 1. The molecule has 0 bridgehead atoms. The Hall–Kier alpha value is -3.02. The smallest absolute Gasteiger partial charge is 0.273 e. The van der Waals surface area contributed by atoms with Gasteiger partial charge in [0.15, 0.2) is 0 Å². The summed E-state index contributed by atoms with van der Waals surface area (Å²) in [5.74, 6) is -0.518. The molecule has 0 fully saturated rings. The molecule has 0 aliphatic heterocycles. The summed E-state index contributed by atoms with van der Waals surface area (Å²) in [6.45, 7) is 2.72. The molecule has 0 heterocycles. The van der Waals surface area contributed by atoms with Crippen LogP contribution >= 0.6 is 0 Å². The van der Waals surface area contributed by atoms with Gasteiger partial charge in [0.05, 0.1) is 12.2 Å². The molecule has 0 unspecified atom stereocenters. The Morgan fingerprint density at radius 3 is 2.33 bits per heavy atom. The van der Waals surface area contributed by atoms with Gasteiger partial charge in [0.2, 0.25) is 0 Å². The highest BCUT2D eigenvalue weighted by molar-refractivity contribution is 6.00. The summed E-state index contributed by atoms with van der Waals surface area (Å²) in [6, 6.07) is 12.7. The second-order valence-electron chi connectivity index (χ2n) is 5.15. The average Bonchev–Trinajstić information content (AvgIpc) is 2.60. The Kier molecular flexibility index (Phi) is 6.19. The van der Waals surface area contributed by atoms with Gasteiger partial charge in [0.25, 0.3) is 11.8 Å². The number of hydrazine groups is 1. The third kappa shape index (κ3) is 4.74. The predicted octanol–water partition coefficient (Wildman–Crippen LogP) is 2.65. The van der Waals surface area contributed by atoms with Crippen molar-refractivity contribution in [1.82, 2.24) is 10.9 Å². The summed E-state index contributed by atoms with van der Waals surface area (Å²) < 4.78 is 5.52. The van der Waals surface area contributed by atoms with E-state index >= 15 is 0 Å². The SMILES string of the molecule is CCCCOc1ccc(C(=O)NNC(=O)c2ccccc2O)cc1. The van der Waals surface area contributed by atoms with Gasteiger partial charge in [-0.25, -0.2) is 0 Å². The molecule has 2 aromatic carbocycles. The van der Waals surface area contributed by atoms with Crippen LogP contribution in [0.5, 0.6) is 11.5 Å². The zero-order chi connectivity index (χ0) is 17.4. The maximum atomic E-state index is 12.0. The molecule has 3 N–H and O–H groups in total. The van der Waals surface area contributed by atoms with Gasteiger partial charge in [-0.15, -0.1) is 0 Å². The highest BCUT2D eigenvalue weighted by Crippen LogP contribution is 2.15. The molecular formula is C18H20N2O4. The topological polar surface area (TPSA) is 87.7 Å². The van der Waals surface area contributed by atoms with Crippen LogP contribution in [0.2, 0.25) is 0 Å². The summed E-state index contributed by atoms with van der Waals surface area (Å²) in [5.41, 5.74) is 5.04. The van der Waals surface area contributed by atoms with E-state index in [1.165, 1.54) is 12.1 Å². The standard InChI is InChI=1S/C18H20N2O4/c1-2-3-12-24-14-10-8-13(9-11-14)17(22)19-20-18(23)15-6-4-5-7-16(15)21/h4-11,21H,2-3,12H2,1H3,(H,19,22)(H,20,23). The van der Waals surface area contributed by atoms with Crippen molar-refractivity contribution in [2.45, 2.75) is 19.8 Å². The molecule has 0 aromatic heterocycles. The van der Waals surface area contributed by atoms with Crippen LogP contribution < -0.4 is 15.6 Å². The monoisotopic (exact) mass is 328 g/mol. The third-order valence-electron chi connectivity index (χ3n) is 3.32. The molecule has 0 spiro atoms. The van der Waals surface area contributed by atoms with E-state index in [9.17, 15) is 14.7 Å². The first-order chi connectivity index (χ1) is 11.6. The number of amides is 2. The molecule has 2 rings (SSSR count). The van der Waals surface area contributed by atoms with Crippen LogP contribution in [0.15, 0.2) is 48.5 Å². The number of aromatic hydroxyl groups is 1. The number of carbonyl (C=O) groups excluding carboxylic acids is 2. The lowest BCUT2D eigenvalue weighted by atomic mass is 10.2. The molecule has 0 aliphatic carbocycles. The zero-order valence-electron chi connectivity index (χ0n) is 13.4. The van der Waals surface area contributed by atoms with Crippen molar-refractivity contribution >= 4 is 11.8 Å². The number of benzene rings is 2. The lowest BCUT2D eigenvalue weighted by molar-refractivity contribution is 0.0845. The van der Waals surface area contributed by atoms with Crippen LogP contribution in [0.25, 0.3) is 0 Å². The molecule has 0 aliphatic rings. The maximum Gasteiger partial charge on any atom is 0.273 e. The van der Waals surface area contributed by atoms with E-state index < -0.39 is 11.8 Å². The Balaban J connectivity index is 1.88. The predicted molar refractivity (Wildman–Crippen MR) is 89.9 cm³/mol. The Morgan fingerprint density at radius 2 is 1.67 bits per heavy atom. The number of phenolic OH excluding ortho intramolecular Hbond substituents is 1. The van der Waals surface area contributed by atoms with Crippen LogP contribution in [0, 0.1) is 0 Å². The van der Waals surface area contributed by atoms with Crippen molar-refractivity contribution in [2.75, 3.05) is 6.61 Å². The Morgan fingerprint density at radius 1 is 1.00 bits per heavy atom. The number of unbranched alkanes of at least 4 members (excludes halogenated alkanes) is 1. The van der Waals surface area contributed by atoms with Crippen LogP contribution in [0.1, 0.15) is 40.5 Å². The van der Waals surface area contributed by atoms with Gasteiger partial charge in [-0.05, 0) is 42.8 Å². The van der Waals surface area contributed by atoms with Crippen molar-refractivity contribution in [1.29, 1.82) is 0 Å². The molecule has 0 saturated heterocycles. The molecule has 24 heavy (non-hydrogen) atoms. The van der Waals surface area contributed by atoms with Gasteiger partial charge in [-0.1, -0.05) is 25.5 Å². The van der Waals surface area contributed by atoms with E-state index in [1.54, 1.807) is 36.4 Å².